The molecule has 23 heavy (non-hydrogen) atoms. The van der Waals surface area contributed by atoms with Crippen molar-refractivity contribution >= 4 is 27.3 Å². The van der Waals surface area contributed by atoms with Gasteiger partial charge in [-0.05, 0) is 48.7 Å². The highest BCUT2D eigenvalue weighted by atomic mass is 32.1. The Morgan fingerprint density at radius 1 is 1.26 bits per heavy atom. The minimum absolute atomic E-state index is 0.00934. The summed E-state index contributed by atoms with van der Waals surface area (Å²) in [7, 11) is 0. The summed E-state index contributed by atoms with van der Waals surface area (Å²) in [5.41, 5.74) is 1.06. The van der Waals surface area contributed by atoms with Crippen LogP contribution >= 0.6 is 11.3 Å². The molecule has 116 valence electrons. The number of amides is 1. The third-order valence-corrected chi connectivity index (χ3v) is 5.16. The molecule has 5 heteroatoms. The van der Waals surface area contributed by atoms with E-state index in [0.29, 0.717) is 22.8 Å². The number of carbonyl (C=O) groups excluding carboxylic acids is 1. The zero-order valence-electron chi connectivity index (χ0n) is 12.4. The fraction of sp³-hybridized carbons (Fsp3) is 0.222. The van der Waals surface area contributed by atoms with E-state index in [1.807, 2.05) is 23.1 Å². The number of rotatable bonds is 4. The lowest BCUT2D eigenvalue weighted by Gasteiger charge is -2.21. The molecule has 1 saturated carbocycles. The Morgan fingerprint density at radius 2 is 2.04 bits per heavy atom. The minimum atomic E-state index is -0.273. The largest absolute Gasteiger partial charge is 0.331 e. The first-order chi connectivity index (χ1) is 11.2. The summed E-state index contributed by atoms with van der Waals surface area (Å²) < 4.78 is 14.7. The maximum absolute atomic E-state index is 13.9. The summed E-state index contributed by atoms with van der Waals surface area (Å²) in [5.74, 6) is -0.283. The standard InChI is InChI=1S/C18H15FN2OS/c19-15-2-1-3-16-14(15)10-17(23-16)18(22)21(13-4-5-13)11-12-6-8-20-9-7-12/h1-3,6-10,13H,4-5,11H2. The van der Waals surface area contributed by atoms with Crippen LogP contribution in [-0.4, -0.2) is 21.8 Å². The van der Waals surface area contributed by atoms with E-state index >= 15 is 0 Å². The summed E-state index contributed by atoms with van der Waals surface area (Å²) in [5, 5.41) is 0.528. The highest BCUT2D eigenvalue weighted by Crippen LogP contribution is 2.33. The first-order valence-electron chi connectivity index (χ1n) is 7.60. The fourth-order valence-electron chi connectivity index (χ4n) is 2.71. The molecule has 1 aromatic carbocycles. The van der Waals surface area contributed by atoms with Crippen LogP contribution in [0.2, 0.25) is 0 Å². The smallest absolute Gasteiger partial charge is 0.264 e. The third-order valence-electron chi connectivity index (χ3n) is 4.07. The Kier molecular flexibility index (Phi) is 3.58. The van der Waals surface area contributed by atoms with Crippen molar-refractivity contribution in [3.8, 4) is 0 Å². The summed E-state index contributed by atoms with van der Waals surface area (Å²) in [6.07, 6.45) is 5.55. The van der Waals surface area contributed by atoms with Crippen LogP contribution in [0, 0.1) is 5.82 Å². The molecule has 1 fully saturated rings. The third kappa shape index (κ3) is 2.84. The number of hydrogen-bond acceptors (Lipinski definition) is 3. The van der Waals surface area contributed by atoms with E-state index in [4.69, 9.17) is 0 Å². The van der Waals surface area contributed by atoms with E-state index in [9.17, 15) is 9.18 Å². The quantitative estimate of drug-likeness (QED) is 0.718. The number of pyridine rings is 1. The van der Waals surface area contributed by atoms with Gasteiger partial charge in [0, 0.05) is 35.1 Å². The molecular formula is C18H15FN2OS. The van der Waals surface area contributed by atoms with Gasteiger partial charge in [0.15, 0.2) is 0 Å². The van der Waals surface area contributed by atoms with Crippen LogP contribution in [0.5, 0.6) is 0 Å². The van der Waals surface area contributed by atoms with Gasteiger partial charge in [-0.25, -0.2) is 4.39 Å². The van der Waals surface area contributed by atoms with Crippen LogP contribution in [0.25, 0.3) is 10.1 Å². The predicted molar refractivity (Wildman–Crippen MR) is 88.9 cm³/mol. The van der Waals surface area contributed by atoms with E-state index in [1.54, 1.807) is 24.5 Å². The van der Waals surface area contributed by atoms with E-state index in [1.165, 1.54) is 17.4 Å². The molecular weight excluding hydrogens is 311 g/mol. The molecule has 3 nitrogen and oxygen atoms in total. The van der Waals surface area contributed by atoms with Gasteiger partial charge in [-0.3, -0.25) is 9.78 Å². The van der Waals surface area contributed by atoms with E-state index in [0.717, 1.165) is 23.1 Å². The number of halogens is 1. The van der Waals surface area contributed by atoms with Gasteiger partial charge in [0.05, 0.1) is 4.88 Å². The predicted octanol–water partition coefficient (Wildman–Crippen LogP) is 4.24. The topological polar surface area (TPSA) is 33.2 Å². The summed E-state index contributed by atoms with van der Waals surface area (Å²) in [6, 6.07) is 10.8. The molecule has 3 aromatic rings. The number of thiophene rings is 1. The molecule has 4 rings (SSSR count). The molecule has 0 atom stereocenters. The number of fused-ring (bicyclic) bond motifs is 1. The molecule has 0 bridgehead atoms. The first kappa shape index (κ1) is 14.3. The average Bonchev–Trinajstić information content (AvgIpc) is 3.31. The van der Waals surface area contributed by atoms with Gasteiger partial charge >= 0.3 is 0 Å². The molecule has 0 aliphatic heterocycles. The second-order valence-electron chi connectivity index (χ2n) is 5.78. The first-order valence-corrected chi connectivity index (χ1v) is 8.42. The molecule has 1 aliphatic rings. The van der Waals surface area contributed by atoms with Crippen molar-refractivity contribution in [2.45, 2.75) is 25.4 Å². The van der Waals surface area contributed by atoms with Crippen molar-refractivity contribution in [3.63, 3.8) is 0 Å². The Bertz CT molecular complexity index is 858. The lowest BCUT2D eigenvalue weighted by Crippen LogP contribution is -2.32. The average molecular weight is 326 g/mol. The van der Waals surface area contributed by atoms with Gasteiger partial charge in [0.1, 0.15) is 5.82 Å². The zero-order chi connectivity index (χ0) is 15.8. The Balaban J connectivity index is 1.65. The van der Waals surface area contributed by atoms with Crippen molar-refractivity contribution < 1.29 is 9.18 Å². The lowest BCUT2D eigenvalue weighted by molar-refractivity contribution is 0.0735. The molecule has 1 aliphatic carbocycles. The monoisotopic (exact) mass is 326 g/mol. The van der Waals surface area contributed by atoms with Gasteiger partial charge in [0.25, 0.3) is 5.91 Å². The van der Waals surface area contributed by atoms with Gasteiger partial charge < -0.3 is 4.90 Å². The van der Waals surface area contributed by atoms with Gasteiger partial charge in [-0.1, -0.05) is 6.07 Å². The molecule has 0 saturated heterocycles. The minimum Gasteiger partial charge on any atom is -0.331 e. The van der Waals surface area contributed by atoms with Crippen molar-refractivity contribution in [1.82, 2.24) is 9.88 Å². The maximum atomic E-state index is 13.9. The van der Waals surface area contributed by atoms with Gasteiger partial charge in [-0.2, -0.15) is 0 Å². The Hall–Kier alpha value is -2.27. The fourth-order valence-corrected chi connectivity index (χ4v) is 3.74. The molecule has 1 amide bonds. The van der Waals surface area contributed by atoms with Crippen LogP contribution in [0.1, 0.15) is 28.1 Å². The van der Waals surface area contributed by atoms with Crippen LogP contribution in [0.4, 0.5) is 4.39 Å². The van der Waals surface area contributed by atoms with Crippen molar-refractivity contribution in [1.29, 1.82) is 0 Å². The number of aromatic nitrogens is 1. The zero-order valence-corrected chi connectivity index (χ0v) is 13.2. The molecule has 0 N–H and O–H groups in total. The van der Waals surface area contributed by atoms with Crippen LogP contribution < -0.4 is 0 Å². The second kappa shape index (κ2) is 5.74. The normalized spacial score (nSPS) is 14.1. The van der Waals surface area contributed by atoms with Gasteiger partial charge in [0.2, 0.25) is 0 Å². The van der Waals surface area contributed by atoms with Crippen molar-refractivity contribution in [2.75, 3.05) is 0 Å². The summed E-state index contributed by atoms with van der Waals surface area (Å²) in [6.45, 7) is 0.572. The highest BCUT2D eigenvalue weighted by molar-refractivity contribution is 7.20. The number of nitrogens with zero attached hydrogens (tertiary/aromatic N) is 2. The number of benzene rings is 1. The number of carbonyl (C=O) groups is 1. The summed E-state index contributed by atoms with van der Waals surface area (Å²) >= 11 is 1.36. The second-order valence-corrected chi connectivity index (χ2v) is 6.87. The SMILES string of the molecule is O=C(c1cc2c(F)cccc2s1)N(Cc1ccncc1)C1CC1. The van der Waals surface area contributed by atoms with Crippen molar-refractivity contribution in [2.24, 2.45) is 0 Å². The molecule has 2 heterocycles. The van der Waals surface area contributed by atoms with Crippen molar-refractivity contribution in [3.05, 3.63) is 65.0 Å². The molecule has 0 spiro atoms. The van der Waals surface area contributed by atoms with Gasteiger partial charge in [-0.15, -0.1) is 11.3 Å². The summed E-state index contributed by atoms with van der Waals surface area (Å²) in [4.78, 5) is 19.4. The van der Waals surface area contributed by atoms with E-state index in [2.05, 4.69) is 4.98 Å². The number of hydrogen-bond donors (Lipinski definition) is 0. The van der Waals surface area contributed by atoms with Crippen LogP contribution in [-0.2, 0) is 6.54 Å². The highest BCUT2D eigenvalue weighted by Gasteiger charge is 2.33. The maximum Gasteiger partial charge on any atom is 0.264 e. The lowest BCUT2D eigenvalue weighted by atomic mass is 10.2. The van der Waals surface area contributed by atoms with Crippen LogP contribution in [0.15, 0.2) is 48.8 Å². The molecule has 2 aromatic heterocycles. The molecule has 0 radical (unpaired) electrons. The van der Waals surface area contributed by atoms with Crippen LogP contribution in [0.3, 0.4) is 0 Å². The van der Waals surface area contributed by atoms with E-state index in [-0.39, 0.29) is 11.7 Å². The van der Waals surface area contributed by atoms with E-state index < -0.39 is 0 Å². The Labute approximate surface area is 137 Å². The Morgan fingerprint density at radius 3 is 2.74 bits per heavy atom. The molecule has 0 unspecified atom stereocenters.